The topological polar surface area (TPSA) is 50.1 Å². The second kappa shape index (κ2) is 21.2. The van der Waals surface area contributed by atoms with Crippen LogP contribution in [-0.2, 0) is 9.53 Å². The summed E-state index contributed by atoms with van der Waals surface area (Å²) < 4.78 is 5.39. The molecule has 0 fully saturated rings. The lowest BCUT2D eigenvalue weighted by atomic mass is 10.1. The lowest BCUT2D eigenvalue weighted by Crippen LogP contribution is -2.22. The Kier molecular flexibility index (Phi) is 18.9. The van der Waals surface area contributed by atoms with Gasteiger partial charge in [-0.25, -0.2) is 0 Å². The molecule has 1 unspecified atom stereocenters. The SMILES string of the molecule is CC/C=C/C/C=C/C/C=C/CCCCCCCCOC(=O)CCC(C)(C#N)SC(=S)C1=CCCC=C1. The minimum Gasteiger partial charge on any atom is -0.466 e. The molecule has 0 heterocycles. The zero-order chi connectivity index (χ0) is 26.3. The molecule has 1 aliphatic rings. The highest BCUT2D eigenvalue weighted by Crippen LogP contribution is 2.34. The Morgan fingerprint density at radius 2 is 1.72 bits per heavy atom. The number of carbonyl (C=O) groups is 1. The molecule has 0 aromatic heterocycles. The first-order valence-corrected chi connectivity index (χ1v) is 14.8. The van der Waals surface area contributed by atoms with Crippen molar-refractivity contribution in [3.8, 4) is 6.07 Å². The van der Waals surface area contributed by atoms with Gasteiger partial charge in [-0.1, -0.05) is 111 Å². The van der Waals surface area contributed by atoms with Crippen molar-refractivity contribution in [3.63, 3.8) is 0 Å². The largest absolute Gasteiger partial charge is 0.466 e. The Bertz CT molecular complexity index is 832. The molecule has 0 radical (unpaired) electrons. The summed E-state index contributed by atoms with van der Waals surface area (Å²) in [7, 11) is 0. The molecular formula is C31H45NO2S2. The Labute approximate surface area is 229 Å². The molecule has 5 heteroatoms. The van der Waals surface area contributed by atoms with Gasteiger partial charge in [0.05, 0.1) is 16.9 Å². The smallest absolute Gasteiger partial charge is 0.305 e. The molecule has 0 N–H and O–H groups in total. The normalized spacial score (nSPS) is 15.3. The van der Waals surface area contributed by atoms with Crippen LogP contribution in [0.4, 0.5) is 0 Å². The van der Waals surface area contributed by atoms with E-state index in [-0.39, 0.29) is 12.4 Å². The predicted molar refractivity (Wildman–Crippen MR) is 160 cm³/mol. The van der Waals surface area contributed by atoms with Crippen LogP contribution < -0.4 is 0 Å². The van der Waals surface area contributed by atoms with Crippen molar-refractivity contribution in [3.05, 3.63) is 60.3 Å². The Morgan fingerprint density at radius 3 is 2.39 bits per heavy atom. The van der Waals surface area contributed by atoms with Gasteiger partial charge in [0, 0.05) is 6.42 Å². The molecule has 0 aliphatic heterocycles. The minimum absolute atomic E-state index is 0.223. The van der Waals surface area contributed by atoms with Crippen molar-refractivity contribution in [2.75, 3.05) is 6.61 Å². The molecule has 0 aromatic carbocycles. The fourth-order valence-electron chi connectivity index (χ4n) is 3.65. The van der Waals surface area contributed by atoms with Crippen LogP contribution in [0.3, 0.4) is 0 Å². The summed E-state index contributed by atoms with van der Waals surface area (Å²) in [5, 5.41) is 9.65. The fraction of sp³-hybridized carbons (Fsp3) is 0.581. The van der Waals surface area contributed by atoms with Gasteiger partial charge in [-0.3, -0.25) is 4.79 Å². The summed E-state index contributed by atoms with van der Waals surface area (Å²) >= 11 is 6.90. The van der Waals surface area contributed by atoms with E-state index in [0.29, 0.717) is 13.0 Å². The summed E-state index contributed by atoms with van der Waals surface area (Å²) in [6, 6.07) is 2.34. The van der Waals surface area contributed by atoms with Crippen LogP contribution in [0.2, 0.25) is 0 Å². The van der Waals surface area contributed by atoms with E-state index in [1.165, 1.54) is 37.4 Å². The van der Waals surface area contributed by atoms with Gasteiger partial charge in [0.1, 0.15) is 4.75 Å². The van der Waals surface area contributed by atoms with E-state index in [4.69, 9.17) is 17.0 Å². The van der Waals surface area contributed by atoms with Crippen LogP contribution in [-0.4, -0.2) is 21.5 Å². The predicted octanol–water partition coefficient (Wildman–Crippen LogP) is 9.52. The Hall–Kier alpha value is -1.90. The van der Waals surface area contributed by atoms with Crippen molar-refractivity contribution in [2.45, 2.75) is 108 Å². The summed E-state index contributed by atoms with van der Waals surface area (Å²) in [4.78, 5) is 12.1. The number of esters is 1. The monoisotopic (exact) mass is 527 g/mol. The minimum atomic E-state index is -0.722. The second-order valence-electron chi connectivity index (χ2n) is 9.30. The highest BCUT2D eigenvalue weighted by atomic mass is 32.2. The average molecular weight is 528 g/mol. The van der Waals surface area contributed by atoms with E-state index in [9.17, 15) is 10.1 Å². The molecule has 0 saturated carbocycles. The third-order valence-corrected chi connectivity index (χ3v) is 7.55. The third-order valence-electron chi connectivity index (χ3n) is 5.90. The number of thioether (sulfide) groups is 1. The van der Waals surface area contributed by atoms with E-state index in [1.54, 1.807) is 0 Å². The van der Waals surface area contributed by atoms with Crippen molar-refractivity contribution >= 4 is 34.1 Å². The van der Waals surface area contributed by atoms with Gasteiger partial charge in [-0.05, 0) is 70.3 Å². The number of nitriles is 1. The van der Waals surface area contributed by atoms with Gasteiger partial charge in [0.15, 0.2) is 0 Å². The molecule has 1 rings (SSSR count). The van der Waals surface area contributed by atoms with Crippen LogP contribution >= 0.6 is 24.0 Å². The molecule has 1 atom stereocenters. The molecule has 1 aliphatic carbocycles. The molecule has 0 aromatic rings. The lowest BCUT2D eigenvalue weighted by molar-refractivity contribution is -0.143. The summed E-state index contributed by atoms with van der Waals surface area (Å²) in [6.45, 7) is 4.47. The van der Waals surface area contributed by atoms with E-state index < -0.39 is 4.75 Å². The molecule has 0 spiro atoms. The first-order chi connectivity index (χ1) is 17.5. The van der Waals surface area contributed by atoms with Gasteiger partial charge in [-0.15, -0.1) is 0 Å². The number of carbonyl (C=O) groups excluding carboxylic acids is 1. The zero-order valence-corrected chi connectivity index (χ0v) is 24.0. The number of hydrogen-bond donors (Lipinski definition) is 0. The van der Waals surface area contributed by atoms with Crippen molar-refractivity contribution in [2.24, 2.45) is 0 Å². The third kappa shape index (κ3) is 16.7. The van der Waals surface area contributed by atoms with Crippen molar-refractivity contribution in [1.29, 1.82) is 5.26 Å². The first-order valence-electron chi connectivity index (χ1n) is 13.6. The zero-order valence-electron chi connectivity index (χ0n) is 22.4. The average Bonchev–Trinajstić information content (AvgIpc) is 2.89. The number of unbranched alkanes of at least 4 members (excludes halogenated alkanes) is 6. The summed E-state index contributed by atoms with van der Waals surface area (Å²) in [6.07, 6.45) is 33.6. The van der Waals surface area contributed by atoms with Gasteiger partial charge in [0.2, 0.25) is 0 Å². The van der Waals surface area contributed by atoms with E-state index >= 15 is 0 Å². The number of allylic oxidation sites excluding steroid dienone is 9. The van der Waals surface area contributed by atoms with Gasteiger partial charge < -0.3 is 4.74 Å². The number of nitrogens with zero attached hydrogens (tertiary/aromatic N) is 1. The maximum atomic E-state index is 12.1. The van der Waals surface area contributed by atoms with E-state index in [1.807, 2.05) is 13.0 Å². The number of hydrogen-bond acceptors (Lipinski definition) is 5. The maximum absolute atomic E-state index is 12.1. The summed E-state index contributed by atoms with van der Waals surface area (Å²) in [5.41, 5.74) is 1.01. The molecule has 0 bridgehead atoms. The Balaban J connectivity index is 2.02. The molecule has 36 heavy (non-hydrogen) atoms. The van der Waals surface area contributed by atoms with E-state index in [0.717, 1.165) is 61.1 Å². The van der Waals surface area contributed by atoms with Crippen LogP contribution in [0.5, 0.6) is 0 Å². The van der Waals surface area contributed by atoms with Crippen molar-refractivity contribution < 1.29 is 9.53 Å². The Morgan fingerprint density at radius 1 is 1.06 bits per heavy atom. The lowest BCUT2D eigenvalue weighted by Gasteiger charge is -2.21. The van der Waals surface area contributed by atoms with Gasteiger partial charge in [0.25, 0.3) is 0 Å². The van der Waals surface area contributed by atoms with Gasteiger partial charge >= 0.3 is 5.97 Å². The van der Waals surface area contributed by atoms with Crippen LogP contribution in [0.15, 0.2) is 60.3 Å². The standard InChI is InChI=1S/C31H45NO2S2/c1-3-4-5-6-7-8-9-10-11-12-13-14-15-16-17-21-26-34-29(33)24-25-31(2,27-32)36-30(35)28-22-19-18-20-23-28/h4-5,7-8,10-11,19,22-23H,3,6,9,12-18,20-21,24-26H2,1-2H3/b5-4+,8-7+,11-10+. The van der Waals surface area contributed by atoms with Crippen LogP contribution in [0.1, 0.15) is 104 Å². The van der Waals surface area contributed by atoms with Gasteiger partial charge in [-0.2, -0.15) is 5.26 Å². The first kappa shape index (κ1) is 32.1. The highest BCUT2D eigenvalue weighted by molar-refractivity contribution is 8.24. The fourth-order valence-corrected chi connectivity index (χ4v) is 5.29. The maximum Gasteiger partial charge on any atom is 0.305 e. The van der Waals surface area contributed by atoms with E-state index in [2.05, 4.69) is 61.6 Å². The molecule has 3 nitrogen and oxygen atoms in total. The molecule has 0 saturated heterocycles. The molecule has 198 valence electrons. The van der Waals surface area contributed by atoms with Crippen LogP contribution in [0, 0.1) is 11.3 Å². The quantitative estimate of drug-likeness (QED) is 0.0724. The highest BCUT2D eigenvalue weighted by Gasteiger charge is 2.28. The number of rotatable bonds is 19. The number of thiocarbonyl (C=S) groups is 1. The molecular weight excluding hydrogens is 482 g/mol. The molecule has 0 amide bonds. The number of ether oxygens (including phenoxy) is 1. The summed E-state index contributed by atoms with van der Waals surface area (Å²) in [5.74, 6) is -0.223. The van der Waals surface area contributed by atoms with Crippen molar-refractivity contribution in [1.82, 2.24) is 0 Å². The van der Waals surface area contributed by atoms with Crippen LogP contribution in [0.25, 0.3) is 0 Å². The second-order valence-corrected chi connectivity index (χ2v) is 11.5.